The molecule has 2 aromatic heterocycles. The highest BCUT2D eigenvalue weighted by atomic mass is 35.5. The minimum atomic E-state index is 0.662. The average Bonchev–Trinajstić information content (AvgIpc) is 3.32. The summed E-state index contributed by atoms with van der Waals surface area (Å²) in [6.07, 6.45) is 3.84. The first-order valence-electron chi connectivity index (χ1n) is 9.29. The monoisotopic (exact) mass is 391 g/mol. The number of imidazole rings is 1. The Bertz CT molecular complexity index is 1070. The van der Waals surface area contributed by atoms with Gasteiger partial charge in [-0.3, -0.25) is 0 Å². The third-order valence-corrected chi connectivity index (χ3v) is 5.03. The number of hydrogen-bond donors (Lipinski definition) is 1. The average molecular weight is 392 g/mol. The van der Waals surface area contributed by atoms with E-state index in [0.717, 1.165) is 36.0 Å². The summed E-state index contributed by atoms with van der Waals surface area (Å²) >= 11 is 6.25. The summed E-state index contributed by atoms with van der Waals surface area (Å²) in [4.78, 5) is 4.28. The summed E-state index contributed by atoms with van der Waals surface area (Å²) in [7, 11) is 0. The molecule has 4 aromatic rings. The zero-order chi connectivity index (χ0) is 19.3. The summed E-state index contributed by atoms with van der Waals surface area (Å²) in [6, 6.07) is 20.3. The summed E-state index contributed by atoms with van der Waals surface area (Å²) < 4.78 is 8.08. The molecule has 0 aliphatic heterocycles. The number of aryl methyl sites for hydroxylation is 1. The molecular weight excluding hydrogens is 370 g/mol. The van der Waals surface area contributed by atoms with Gasteiger partial charge in [-0.15, -0.1) is 0 Å². The molecule has 0 unspecified atom stereocenters. The van der Waals surface area contributed by atoms with Crippen LogP contribution in [0.15, 0.2) is 77.5 Å². The molecule has 0 aliphatic carbocycles. The summed E-state index contributed by atoms with van der Waals surface area (Å²) in [5.74, 6) is 2.70. The SMILES string of the molecule is Cc1nccn1Cc1cccc(CNCc2ccc(-c3ccccc3Cl)o2)c1. The fraction of sp³-hybridized carbons (Fsp3) is 0.174. The highest BCUT2D eigenvalue weighted by Crippen LogP contribution is 2.29. The van der Waals surface area contributed by atoms with E-state index in [-0.39, 0.29) is 0 Å². The van der Waals surface area contributed by atoms with Crippen molar-refractivity contribution in [2.45, 2.75) is 26.6 Å². The van der Waals surface area contributed by atoms with Gasteiger partial charge in [-0.05, 0) is 42.3 Å². The maximum absolute atomic E-state index is 6.25. The van der Waals surface area contributed by atoms with Crippen LogP contribution in [0.1, 0.15) is 22.7 Å². The second kappa shape index (κ2) is 8.46. The second-order valence-electron chi connectivity index (χ2n) is 6.77. The topological polar surface area (TPSA) is 43.0 Å². The van der Waals surface area contributed by atoms with E-state index in [1.165, 1.54) is 11.1 Å². The normalized spacial score (nSPS) is 11.1. The molecule has 2 aromatic carbocycles. The standard InChI is InChI=1S/C23H22ClN3O/c1-17-26-11-12-27(17)16-19-6-4-5-18(13-19)14-25-15-20-9-10-23(28-20)21-7-2-3-8-22(21)24/h2-13,25H,14-16H2,1H3. The Kier molecular flexibility index (Phi) is 5.60. The van der Waals surface area contributed by atoms with Gasteiger partial charge in [0.05, 0.1) is 11.6 Å². The number of benzene rings is 2. The zero-order valence-electron chi connectivity index (χ0n) is 15.7. The number of nitrogens with zero attached hydrogens (tertiary/aromatic N) is 2. The van der Waals surface area contributed by atoms with E-state index in [2.05, 4.69) is 39.1 Å². The van der Waals surface area contributed by atoms with Crippen molar-refractivity contribution < 1.29 is 4.42 Å². The molecular formula is C23H22ClN3O. The molecule has 0 saturated carbocycles. The van der Waals surface area contributed by atoms with Crippen LogP contribution in [-0.4, -0.2) is 9.55 Å². The van der Waals surface area contributed by atoms with Crippen LogP contribution in [0.3, 0.4) is 0 Å². The lowest BCUT2D eigenvalue weighted by Gasteiger charge is -2.08. The number of hydrogen-bond acceptors (Lipinski definition) is 3. The fourth-order valence-electron chi connectivity index (χ4n) is 3.21. The molecule has 2 heterocycles. The van der Waals surface area contributed by atoms with Crippen LogP contribution in [0.2, 0.25) is 5.02 Å². The Morgan fingerprint density at radius 1 is 1.00 bits per heavy atom. The number of nitrogens with one attached hydrogen (secondary N) is 1. The van der Waals surface area contributed by atoms with Gasteiger partial charge in [0, 0.05) is 31.0 Å². The second-order valence-corrected chi connectivity index (χ2v) is 7.18. The van der Waals surface area contributed by atoms with E-state index in [4.69, 9.17) is 16.0 Å². The van der Waals surface area contributed by atoms with Crippen molar-refractivity contribution in [1.82, 2.24) is 14.9 Å². The quantitative estimate of drug-likeness (QED) is 0.456. The van der Waals surface area contributed by atoms with Crippen LogP contribution in [-0.2, 0) is 19.6 Å². The molecule has 0 atom stereocenters. The van der Waals surface area contributed by atoms with Crippen LogP contribution in [0.4, 0.5) is 0 Å². The number of rotatable bonds is 7. The van der Waals surface area contributed by atoms with E-state index in [1.807, 2.05) is 55.7 Å². The highest BCUT2D eigenvalue weighted by molar-refractivity contribution is 6.33. The van der Waals surface area contributed by atoms with Crippen molar-refractivity contribution in [3.05, 3.63) is 101 Å². The molecule has 4 rings (SSSR count). The maximum Gasteiger partial charge on any atom is 0.135 e. The van der Waals surface area contributed by atoms with Crippen LogP contribution in [0.5, 0.6) is 0 Å². The predicted octanol–water partition coefficient (Wildman–Crippen LogP) is 5.44. The molecule has 0 aliphatic rings. The van der Waals surface area contributed by atoms with Gasteiger partial charge < -0.3 is 14.3 Å². The number of halogens is 1. The van der Waals surface area contributed by atoms with Crippen molar-refractivity contribution in [3.8, 4) is 11.3 Å². The van der Waals surface area contributed by atoms with Crippen LogP contribution >= 0.6 is 11.6 Å². The summed E-state index contributed by atoms with van der Waals surface area (Å²) in [6.45, 7) is 4.29. The molecule has 4 nitrogen and oxygen atoms in total. The molecule has 0 saturated heterocycles. The van der Waals surface area contributed by atoms with E-state index in [9.17, 15) is 0 Å². The Hall–Kier alpha value is -2.82. The number of furan rings is 1. The predicted molar refractivity (Wildman–Crippen MR) is 112 cm³/mol. The molecule has 0 radical (unpaired) electrons. The molecule has 0 amide bonds. The molecule has 1 N–H and O–H groups in total. The van der Waals surface area contributed by atoms with Crippen molar-refractivity contribution in [2.24, 2.45) is 0 Å². The first-order valence-corrected chi connectivity index (χ1v) is 9.67. The molecule has 5 heteroatoms. The van der Waals surface area contributed by atoms with Crippen molar-refractivity contribution >= 4 is 11.6 Å². The van der Waals surface area contributed by atoms with Crippen LogP contribution in [0, 0.1) is 6.92 Å². The van der Waals surface area contributed by atoms with Gasteiger partial charge in [-0.25, -0.2) is 4.98 Å². The van der Waals surface area contributed by atoms with Crippen molar-refractivity contribution in [3.63, 3.8) is 0 Å². The zero-order valence-corrected chi connectivity index (χ0v) is 16.5. The molecule has 142 valence electrons. The van der Waals surface area contributed by atoms with E-state index >= 15 is 0 Å². The van der Waals surface area contributed by atoms with Gasteiger partial charge in [-0.2, -0.15) is 0 Å². The van der Waals surface area contributed by atoms with E-state index in [0.29, 0.717) is 11.6 Å². The van der Waals surface area contributed by atoms with Gasteiger partial charge in [0.2, 0.25) is 0 Å². The Morgan fingerprint density at radius 2 is 1.86 bits per heavy atom. The first-order chi connectivity index (χ1) is 13.7. The maximum atomic E-state index is 6.25. The smallest absolute Gasteiger partial charge is 0.135 e. The Labute approximate surface area is 169 Å². The van der Waals surface area contributed by atoms with Crippen molar-refractivity contribution in [2.75, 3.05) is 0 Å². The van der Waals surface area contributed by atoms with Gasteiger partial charge >= 0.3 is 0 Å². The third kappa shape index (κ3) is 4.35. The van der Waals surface area contributed by atoms with Crippen molar-refractivity contribution in [1.29, 1.82) is 0 Å². The van der Waals surface area contributed by atoms with E-state index < -0.39 is 0 Å². The Balaban J connectivity index is 1.35. The van der Waals surface area contributed by atoms with Gasteiger partial charge in [0.1, 0.15) is 17.3 Å². The van der Waals surface area contributed by atoms with Gasteiger partial charge in [0.15, 0.2) is 0 Å². The van der Waals surface area contributed by atoms with E-state index in [1.54, 1.807) is 0 Å². The Morgan fingerprint density at radius 3 is 2.68 bits per heavy atom. The fourth-order valence-corrected chi connectivity index (χ4v) is 3.44. The molecule has 28 heavy (non-hydrogen) atoms. The summed E-state index contributed by atoms with van der Waals surface area (Å²) in [5.41, 5.74) is 3.42. The minimum Gasteiger partial charge on any atom is -0.460 e. The minimum absolute atomic E-state index is 0.662. The lowest BCUT2D eigenvalue weighted by Crippen LogP contribution is -2.12. The van der Waals surface area contributed by atoms with Gasteiger partial charge in [-0.1, -0.05) is 48.0 Å². The van der Waals surface area contributed by atoms with Crippen LogP contribution in [0.25, 0.3) is 11.3 Å². The van der Waals surface area contributed by atoms with Gasteiger partial charge in [0.25, 0.3) is 0 Å². The highest BCUT2D eigenvalue weighted by Gasteiger charge is 2.08. The third-order valence-electron chi connectivity index (χ3n) is 4.70. The van der Waals surface area contributed by atoms with Crippen LogP contribution < -0.4 is 5.32 Å². The largest absolute Gasteiger partial charge is 0.460 e. The molecule has 0 bridgehead atoms. The lowest BCUT2D eigenvalue weighted by atomic mass is 10.1. The number of aromatic nitrogens is 2. The molecule has 0 fully saturated rings. The molecule has 0 spiro atoms. The summed E-state index contributed by atoms with van der Waals surface area (Å²) in [5, 5.41) is 4.14. The first kappa shape index (κ1) is 18.5. The lowest BCUT2D eigenvalue weighted by molar-refractivity contribution is 0.493.